The lowest BCUT2D eigenvalue weighted by Gasteiger charge is -2.17. The number of ether oxygens (including phenoxy) is 1. The third-order valence-electron chi connectivity index (χ3n) is 4.45. The summed E-state index contributed by atoms with van der Waals surface area (Å²) in [5.74, 6) is -1.36. The second kappa shape index (κ2) is 8.22. The van der Waals surface area contributed by atoms with E-state index >= 15 is 0 Å². The first-order valence-corrected chi connectivity index (χ1v) is 8.86. The average molecular weight is 387 g/mol. The maximum absolute atomic E-state index is 12.6. The van der Waals surface area contributed by atoms with E-state index in [1.165, 1.54) is 25.3 Å². The van der Waals surface area contributed by atoms with Gasteiger partial charge in [-0.3, -0.25) is 9.59 Å². The van der Waals surface area contributed by atoms with Crippen molar-refractivity contribution in [1.29, 1.82) is 0 Å². The van der Waals surface area contributed by atoms with Gasteiger partial charge in [-0.1, -0.05) is 41.9 Å². The predicted octanol–water partition coefficient (Wildman–Crippen LogP) is 3.11. The van der Waals surface area contributed by atoms with Crippen molar-refractivity contribution in [3.8, 4) is 0 Å². The van der Waals surface area contributed by atoms with Gasteiger partial charge in [-0.05, 0) is 23.8 Å². The van der Waals surface area contributed by atoms with Gasteiger partial charge in [-0.25, -0.2) is 4.79 Å². The van der Waals surface area contributed by atoms with E-state index < -0.39 is 11.9 Å². The molecule has 0 radical (unpaired) electrons. The van der Waals surface area contributed by atoms with Crippen molar-refractivity contribution in [3.05, 3.63) is 64.7 Å². The van der Waals surface area contributed by atoms with Crippen molar-refractivity contribution >= 4 is 35.1 Å². The monoisotopic (exact) mass is 386 g/mol. The highest BCUT2D eigenvalue weighted by atomic mass is 35.5. The smallest absolute Gasteiger partial charge is 0.337 e. The molecule has 1 N–H and O–H groups in total. The molecule has 1 heterocycles. The number of benzene rings is 2. The molecule has 1 atom stereocenters. The molecule has 1 fully saturated rings. The zero-order valence-corrected chi connectivity index (χ0v) is 15.5. The van der Waals surface area contributed by atoms with Crippen LogP contribution in [0.5, 0.6) is 0 Å². The summed E-state index contributed by atoms with van der Waals surface area (Å²) in [7, 11) is 1.28. The third kappa shape index (κ3) is 4.46. The van der Waals surface area contributed by atoms with Gasteiger partial charge in [0.2, 0.25) is 11.8 Å². The molecule has 1 saturated heterocycles. The quantitative estimate of drug-likeness (QED) is 0.801. The summed E-state index contributed by atoms with van der Waals surface area (Å²) in [6, 6.07) is 14.1. The van der Waals surface area contributed by atoms with Crippen LogP contribution in [-0.4, -0.2) is 36.3 Å². The number of rotatable bonds is 5. The number of likely N-dealkylation sites (tertiary alicyclic amines) is 1. The second-order valence-electron chi connectivity index (χ2n) is 6.34. The molecule has 0 bridgehead atoms. The molecule has 0 spiro atoms. The van der Waals surface area contributed by atoms with E-state index in [-0.39, 0.29) is 23.8 Å². The van der Waals surface area contributed by atoms with E-state index in [1.807, 2.05) is 30.3 Å². The molecule has 0 aliphatic carbocycles. The van der Waals surface area contributed by atoms with Crippen molar-refractivity contribution < 1.29 is 19.1 Å². The first-order chi connectivity index (χ1) is 13.0. The van der Waals surface area contributed by atoms with E-state index in [9.17, 15) is 14.4 Å². The Morgan fingerprint density at radius 3 is 2.67 bits per heavy atom. The van der Waals surface area contributed by atoms with Gasteiger partial charge in [-0.15, -0.1) is 0 Å². The first-order valence-electron chi connectivity index (χ1n) is 8.48. The van der Waals surface area contributed by atoms with Crippen LogP contribution >= 0.6 is 11.6 Å². The summed E-state index contributed by atoms with van der Waals surface area (Å²) < 4.78 is 4.67. The Morgan fingerprint density at radius 1 is 1.22 bits per heavy atom. The Kier molecular flexibility index (Phi) is 5.76. The number of nitrogens with zero attached hydrogens (tertiary/aromatic N) is 1. The Morgan fingerprint density at radius 2 is 1.96 bits per heavy atom. The SMILES string of the molecule is COC(=O)c1ccc(Cl)c(NC(=O)C2CC(=O)N(Cc3ccccc3)C2)c1. The minimum absolute atomic E-state index is 0.0617. The van der Waals surface area contributed by atoms with E-state index in [2.05, 4.69) is 10.1 Å². The number of anilines is 1. The molecular formula is C20H19ClN2O4. The van der Waals surface area contributed by atoms with Crippen LogP contribution in [0, 0.1) is 5.92 Å². The molecule has 1 aliphatic rings. The lowest BCUT2D eigenvalue weighted by molar-refractivity contribution is -0.128. The molecule has 6 nitrogen and oxygen atoms in total. The maximum atomic E-state index is 12.6. The maximum Gasteiger partial charge on any atom is 0.337 e. The Balaban J connectivity index is 1.67. The third-order valence-corrected chi connectivity index (χ3v) is 4.78. The van der Waals surface area contributed by atoms with Crippen LogP contribution in [-0.2, 0) is 20.9 Å². The summed E-state index contributed by atoms with van der Waals surface area (Å²) >= 11 is 6.12. The van der Waals surface area contributed by atoms with Crippen molar-refractivity contribution in [3.63, 3.8) is 0 Å². The number of halogens is 1. The highest BCUT2D eigenvalue weighted by molar-refractivity contribution is 6.33. The Bertz CT molecular complexity index is 870. The van der Waals surface area contributed by atoms with Crippen LogP contribution in [0.2, 0.25) is 5.02 Å². The summed E-state index contributed by atoms with van der Waals surface area (Å²) in [4.78, 5) is 38.2. The van der Waals surface area contributed by atoms with Gasteiger partial charge in [0.1, 0.15) is 0 Å². The average Bonchev–Trinajstić information content (AvgIpc) is 3.04. The molecule has 140 valence electrons. The summed E-state index contributed by atoms with van der Waals surface area (Å²) in [6.07, 6.45) is 0.146. The molecule has 3 rings (SSSR count). The summed E-state index contributed by atoms with van der Waals surface area (Å²) in [5.41, 5.74) is 1.62. The van der Waals surface area contributed by atoms with Gasteiger partial charge < -0.3 is 15.0 Å². The molecule has 0 aromatic heterocycles. The lowest BCUT2D eigenvalue weighted by Crippen LogP contribution is -2.28. The summed E-state index contributed by atoms with van der Waals surface area (Å²) in [6.45, 7) is 0.815. The molecule has 0 saturated carbocycles. The fourth-order valence-corrected chi connectivity index (χ4v) is 3.17. The van der Waals surface area contributed by atoms with Gasteiger partial charge in [-0.2, -0.15) is 0 Å². The number of carbonyl (C=O) groups is 3. The molecule has 2 amide bonds. The van der Waals surface area contributed by atoms with Gasteiger partial charge in [0.15, 0.2) is 0 Å². The molecular weight excluding hydrogens is 368 g/mol. The van der Waals surface area contributed by atoms with Crippen molar-refractivity contribution in [2.24, 2.45) is 5.92 Å². The normalized spacial score (nSPS) is 16.3. The Hall–Kier alpha value is -2.86. The van der Waals surface area contributed by atoms with Gasteiger partial charge in [0.05, 0.1) is 29.3 Å². The number of esters is 1. The number of nitrogens with one attached hydrogen (secondary N) is 1. The standard InChI is InChI=1S/C20H19ClN2O4/c1-27-20(26)14-7-8-16(21)17(9-14)22-19(25)15-10-18(24)23(12-15)11-13-5-3-2-4-6-13/h2-9,15H,10-12H2,1H3,(H,22,25). The number of amides is 2. The first kappa shape index (κ1) is 18.9. The number of methoxy groups -OCH3 is 1. The van der Waals surface area contributed by atoms with Gasteiger partial charge in [0.25, 0.3) is 0 Å². The van der Waals surface area contributed by atoms with Crippen molar-refractivity contribution in [2.45, 2.75) is 13.0 Å². The van der Waals surface area contributed by atoms with Crippen LogP contribution in [0.25, 0.3) is 0 Å². The molecule has 2 aromatic rings. The predicted molar refractivity (Wildman–Crippen MR) is 101 cm³/mol. The number of hydrogen-bond acceptors (Lipinski definition) is 4. The second-order valence-corrected chi connectivity index (χ2v) is 6.74. The highest BCUT2D eigenvalue weighted by Gasteiger charge is 2.34. The molecule has 2 aromatic carbocycles. The fourth-order valence-electron chi connectivity index (χ4n) is 3.01. The van der Waals surface area contributed by atoms with E-state index in [0.29, 0.717) is 23.8 Å². The zero-order chi connectivity index (χ0) is 19.4. The molecule has 7 heteroatoms. The Labute approximate surface area is 162 Å². The van der Waals surface area contributed by atoms with Crippen LogP contribution in [0.15, 0.2) is 48.5 Å². The highest BCUT2D eigenvalue weighted by Crippen LogP contribution is 2.26. The van der Waals surface area contributed by atoms with Crippen LogP contribution in [0.3, 0.4) is 0 Å². The summed E-state index contributed by atoms with van der Waals surface area (Å²) in [5, 5.41) is 3.03. The van der Waals surface area contributed by atoms with Gasteiger partial charge >= 0.3 is 5.97 Å². The largest absolute Gasteiger partial charge is 0.465 e. The minimum atomic E-state index is -0.521. The van der Waals surface area contributed by atoms with Crippen molar-refractivity contribution in [2.75, 3.05) is 19.0 Å². The fraction of sp³-hybridized carbons (Fsp3) is 0.250. The minimum Gasteiger partial charge on any atom is -0.465 e. The van der Waals surface area contributed by atoms with Crippen LogP contribution in [0.4, 0.5) is 5.69 Å². The molecule has 1 aliphatic heterocycles. The van der Waals surface area contributed by atoms with E-state index in [1.54, 1.807) is 4.90 Å². The topological polar surface area (TPSA) is 75.7 Å². The molecule has 1 unspecified atom stereocenters. The van der Waals surface area contributed by atoms with Crippen LogP contribution < -0.4 is 5.32 Å². The number of hydrogen-bond donors (Lipinski definition) is 1. The van der Waals surface area contributed by atoms with E-state index in [4.69, 9.17) is 11.6 Å². The molecule has 27 heavy (non-hydrogen) atoms. The van der Waals surface area contributed by atoms with E-state index in [0.717, 1.165) is 5.56 Å². The zero-order valence-electron chi connectivity index (χ0n) is 14.8. The van der Waals surface area contributed by atoms with Gasteiger partial charge in [0, 0.05) is 19.5 Å². The van der Waals surface area contributed by atoms with Crippen LogP contribution in [0.1, 0.15) is 22.3 Å². The number of carbonyl (C=O) groups excluding carboxylic acids is 3. The lowest BCUT2D eigenvalue weighted by atomic mass is 10.1. The van der Waals surface area contributed by atoms with Crippen molar-refractivity contribution in [1.82, 2.24) is 4.90 Å².